The van der Waals surface area contributed by atoms with Crippen LogP contribution in [0.1, 0.15) is 168 Å². The fraction of sp³-hybridized carbons (Fsp3) is 0.744. The van der Waals surface area contributed by atoms with Crippen molar-refractivity contribution in [1.82, 2.24) is 0 Å². The second kappa shape index (κ2) is 39.7. The molecule has 10 heteroatoms. The summed E-state index contributed by atoms with van der Waals surface area (Å²) in [5.74, 6) is -0.511. The molecule has 0 aliphatic heterocycles. The van der Waals surface area contributed by atoms with E-state index in [0.29, 0.717) is 12.8 Å². The number of nitrogens with two attached hydrogens (primary N) is 1. The molecule has 308 valence electrons. The minimum absolute atomic E-state index is 0.0412. The summed E-state index contributed by atoms with van der Waals surface area (Å²) in [4.78, 5) is 22.4. The lowest BCUT2D eigenvalue weighted by atomic mass is 10.0. The number of allylic oxidation sites excluding steroid dienone is 8. The van der Waals surface area contributed by atoms with E-state index >= 15 is 0 Å². The first-order valence-electron chi connectivity index (χ1n) is 20.9. The molecule has 0 radical (unpaired) electrons. The Kier molecular flexibility index (Phi) is 38.2. The number of hydrogen-bond acceptors (Lipinski definition) is 8. The minimum atomic E-state index is -4.35. The van der Waals surface area contributed by atoms with Crippen LogP contribution in [-0.2, 0) is 27.9 Å². The van der Waals surface area contributed by atoms with Crippen LogP contribution in [0.2, 0.25) is 0 Å². The number of aliphatic hydroxyl groups excluding tert-OH is 1. The zero-order valence-electron chi connectivity index (χ0n) is 33.6. The van der Waals surface area contributed by atoms with Crippen molar-refractivity contribution >= 4 is 13.8 Å². The van der Waals surface area contributed by atoms with Gasteiger partial charge < -0.3 is 25.2 Å². The smallest absolute Gasteiger partial charge is 0.472 e. The number of ether oxygens (including phenoxy) is 2. The number of rotatable bonds is 39. The van der Waals surface area contributed by atoms with Crippen LogP contribution in [0.15, 0.2) is 60.9 Å². The molecule has 0 aromatic rings. The summed E-state index contributed by atoms with van der Waals surface area (Å²) in [7, 11) is -4.35. The minimum Gasteiger partial charge on any atom is -0.498 e. The number of phosphoric acid groups is 1. The summed E-state index contributed by atoms with van der Waals surface area (Å²) in [5, 5.41) is 10.3. The van der Waals surface area contributed by atoms with Crippen molar-refractivity contribution in [3.63, 3.8) is 0 Å². The molecule has 0 saturated carbocycles. The van der Waals surface area contributed by atoms with Crippen molar-refractivity contribution in [1.29, 1.82) is 0 Å². The maximum absolute atomic E-state index is 12.6. The van der Waals surface area contributed by atoms with E-state index in [-0.39, 0.29) is 32.8 Å². The normalized spacial score (nSPS) is 14.7. The highest BCUT2D eigenvalue weighted by molar-refractivity contribution is 7.47. The highest BCUT2D eigenvalue weighted by Gasteiger charge is 2.25. The molecule has 0 bridgehead atoms. The topological polar surface area (TPSA) is 138 Å². The van der Waals surface area contributed by atoms with Crippen molar-refractivity contribution in [2.75, 3.05) is 26.4 Å². The zero-order chi connectivity index (χ0) is 38.9. The van der Waals surface area contributed by atoms with Crippen molar-refractivity contribution in [3.05, 3.63) is 60.9 Å². The van der Waals surface area contributed by atoms with Crippen LogP contribution >= 0.6 is 7.82 Å². The Morgan fingerprint density at radius 3 is 1.87 bits per heavy atom. The maximum Gasteiger partial charge on any atom is 0.472 e. The SMILES string of the molecule is CCCCC/C=C\C/C=C\C/C=C\C=C\[C@@H](O)CCCC(=O)O[C@H](CO/C=C\CCCCCCCCCCCCCCCC)COP(=O)(O)OCCN. The van der Waals surface area contributed by atoms with E-state index in [0.717, 1.165) is 32.1 Å². The number of carbonyl (C=O) groups is 1. The standard InChI is InChI=1S/C43H78NO8P/c1-3-5-7-9-11-13-15-17-18-19-21-23-25-27-29-31-37-49-39-42(40-51-53(47,48)50-38-36-44)52-43(46)35-32-34-41(45)33-30-28-26-24-22-20-16-14-12-10-8-6-4-2/h12,14,20,22,26,28,30-31,33,37,41-42,45H,3-11,13,15-19,21,23-25,27,29,32,34-36,38-40,44H2,1-2H3,(H,47,48)/b14-12-,22-20-,28-26-,33-30+,37-31-/t41-,42-/m1/s1. The Balaban J connectivity index is 4.32. The molecule has 0 fully saturated rings. The van der Waals surface area contributed by atoms with E-state index < -0.39 is 26.0 Å². The third-order valence-corrected chi connectivity index (χ3v) is 9.59. The fourth-order valence-corrected chi connectivity index (χ4v) is 6.24. The van der Waals surface area contributed by atoms with Crippen molar-refractivity contribution < 1.29 is 37.9 Å². The molecule has 9 nitrogen and oxygen atoms in total. The average Bonchev–Trinajstić information content (AvgIpc) is 3.14. The van der Waals surface area contributed by atoms with Gasteiger partial charge in [0, 0.05) is 13.0 Å². The van der Waals surface area contributed by atoms with Crippen LogP contribution in [0.4, 0.5) is 0 Å². The molecule has 0 aliphatic carbocycles. The first-order chi connectivity index (χ1) is 25.8. The van der Waals surface area contributed by atoms with E-state index in [9.17, 15) is 19.4 Å². The maximum atomic E-state index is 12.6. The summed E-state index contributed by atoms with van der Waals surface area (Å²) in [6.07, 6.45) is 45.0. The average molecular weight is 768 g/mol. The molecule has 0 heterocycles. The van der Waals surface area contributed by atoms with Crippen LogP contribution in [-0.4, -0.2) is 54.5 Å². The molecule has 1 unspecified atom stereocenters. The number of carbonyl (C=O) groups excluding carboxylic acids is 1. The van der Waals surface area contributed by atoms with Crippen molar-refractivity contribution in [3.8, 4) is 0 Å². The van der Waals surface area contributed by atoms with Gasteiger partial charge in [-0.3, -0.25) is 13.8 Å². The third-order valence-electron chi connectivity index (χ3n) is 8.61. The molecule has 0 aliphatic rings. The molecule has 0 spiro atoms. The molecule has 0 saturated heterocycles. The third kappa shape index (κ3) is 39.5. The molecule has 0 aromatic carbocycles. The molecule has 53 heavy (non-hydrogen) atoms. The van der Waals surface area contributed by atoms with E-state index in [2.05, 4.69) is 38.2 Å². The Morgan fingerprint density at radius 2 is 1.23 bits per heavy atom. The molecule has 4 N–H and O–H groups in total. The first-order valence-corrected chi connectivity index (χ1v) is 22.4. The van der Waals surface area contributed by atoms with Gasteiger partial charge in [-0.15, -0.1) is 0 Å². The lowest BCUT2D eigenvalue weighted by Crippen LogP contribution is -2.28. The van der Waals surface area contributed by atoms with Gasteiger partial charge in [-0.2, -0.15) is 0 Å². The van der Waals surface area contributed by atoms with Gasteiger partial charge in [0.15, 0.2) is 6.10 Å². The first kappa shape index (κ1) is 51.0. The predicted octanol–water partition coefficient (Wildman–Crippen LogP) is 11.5. The van der Waals surface area contributed by atoms with E-state index in [1.807, 2.05) is 24.3 Å². The van der Waals surface area contributed by atoms with Crippen LogP contribution in [0.3, 0.4) is 0 Å². The van der Waals surface area contributed by atoms with Crippen LogP contribution in [0.25, 0.3) is 0 Å². The monoisotopic (exact) mass is 768 g/mol. The van der Waals surface area contributed by atoms with Gasteiger partial charge in [-0.05, 0) is 57.4 Å². The number of esters is 1. The lowest BCUT2D eigenvalue weighted by Gasteiger charge is -2.19. The summed E-state index contributed by atoms with van der Waals surface area (Å²) < 4.78 is 33.0. The molecule has 3 atom stereocenters. The number of phosphoric ester groups is 1. The molecule has 0 amide bonds. The van der Waals surface area contributed by atoms with Gasteiger partial charge in [0.25, 0.3) is 0 Å². The fourth-order valence-electron chi connectivity index (χ4n) is 5.48. The second-order valence-electron chi connectivity index (χ2n) is 13.8. The van der Waals surface area contributed by atoms with E-state index in [1.165, 1.54) is 103 Å². The van der Waals surface area contributed by atoms with Crippen LogP contribution < -0.4 is 5.73 Å². The predicted molar refractivity (Wildman–Crippen MR) is 220 cm³/mol. The molecular weight excluding hydrogens is 689 g/mol. The van der Waals surface area contributed by atoms with Crippen molar-refractivity contribution in [2.24, 2.45) is 5.73 Å². The van der Waals surface area contributed by atoms with E-state index in [1.54, 1.807) is 12.3 Å². The molecular formula is C43H78NO8P. The van der Waals surface area contributed by atoms with Gasteiger partial charge >= 0.3 is 13.8 Å². The van der Waals surface area contributed by atoms with Gasteiger partial charge in [-0.1, -0.05) is 159 Å². The van der Waals surface area contributed by atoms with Crippen LogP contribution in [0.5, 0.6) is 0 Å². The lowest BCUT2D eigenvalue weighted by molar-refractivity contribution is -0.153. The van der Waals surface area contributed by atoms with Crippen molar-refractivity contribution in [2.45, 2.75) is 180 Å². The summed E-state index contributed by atoms with van der Waals surface area (Å²) in [5.41, 5.74) is 5.34. The van der Waals surface area contributed by atoms with Gasteiger partial charge in [0.2, 0.25) is 0 Å². The Labute approximate surface area is 324 Å². The highest BCUT2D eigenvalue weighted by atomic mass is 31.2. The quantitative estimate of drug-likeness (QED) is 0.0139. The summed E-state index contributed by atoms with van der Waals surface area (Å²) in [6.45, 7) is 3.98. The van der Waals surface area contributed by atoms with Crippen LogP contribution in [0, 0.1) is 0 Å². The summed E-state index contributed by atoms with van der Waals surface area (Å²) >= 11 is 0. The molecule has 0 rings (SSSR count). The van der Waals surface area contributed by atoms with E-state index in [4.69, 9.17) is 24.3 Å². The highest BCUT2D eigenvalue weighted by Crippen LogP contribution is 2.43. The Bertz CT molecular complexity index is 1010. The zero-order valence-corrected chi connectivity index (χ0v) is 34.5. The molecule has 0 aromatic heterocycles. The Hall–Kier alpha value is -2.00. The largest absolute Gasteiger partial charge is 0.498 e. The second-order valence-corrected chi connectivity index (χ2v) is 15.2. The number of hydrogen-bond donors (Lipinski definition) is 3. The summed E-state index contributed by atoms with van der Waals surface area (Å²) in [6, 6.07) is 0. The van der Waals surface area contributed by atoms with Gasteiger partial charge in [-0.25, -0.2) is 4.57 Å². The Morgan fingerprint density at radius 1 is 0.679 bits per heavy atom. The number of aliphatic hydroxyl groups is 1. The van der Waals surface area contributed by atoms with Gasteiger partial charge in [0.1, 0.15) is 6.61 Å². The van der Waals surface area contributed by atoms with Gasteiger partial charge in [0.05, 0.1) is 25.6 Å². The number of unbranched alkanes of at least 4 members (excludes halogenated alkanes) is 17.